The van der Waals surface area contributed by atoms with Crippen molar-refractivity contribution < 1.29 is 4.74 Å². The molecule has 2 heterocycles. The summed E-state index contributed by atoms with van der Waals surface area (Å²) in [6.07, 6.45) is 6.59. The summed E-state index contributed by atoms with van der Waals surface area (Å²) in [6, 6.07) is 5.97. The summed E-state index contributed by atoms with van der Waals surface area (Å²) < 4.78 is 10.3. The van der Waals surface area contributed by atoms with Crippen molar-refractivity contribution in [2.24, 2.45) is 0 Å². The van der Waals surface area contributed by atoms with E-state index in [0.717, 1.165) is 41.1 Å². The van der Waals surface area contributed by atoms with Crippen LogP contribution in [0.25, 0.3) is 11.0 Å². The Kier molecular flexibility index (Phi) is 3.56. The number of methoxy groups -OCH3 is 1. The molecule has 3 aromatic rings. The lowest BCUT2D eigenvalue weighted by Gasteiger charge is -2.06. The second-order valence-electron chi connectivity index (χ2n) is 4.59. The fourth-order valence-corrected chi connectivity index (χ4v) is 2.67. The third kappa shape index (κ3) is 2.34. The molecule has 0 saturated heterocycles. The average Bonchev–Trinajstić information content (AvgIpc) is 3.07. The van der Waals surface area contributed by atoms with Gasteiger partial charge in [-0.05, 0) is 30.8 Å². The SMILES string of the molecule is COc1cccc2c1[nH]c(=S)n2CCCn1ccnc1. The van der Waals surface area contributed by atoms with E-state index in [4.69, 9.17) is 17.0 Å². The standard InChI is InChI=1S/C14H16N4OS/c1-19-12-5-2-4-11-13(12)16-14(20)18(11)8-3-7-17-9-6-15-10-17/h2,4-6,9-10H,3,7-8H2,1H3,(H,16,20). The Hall–Kier alpha value is -2.08. The van der Waals surface area contributed by atoms with E-state index >= 15 is 0 Å². The maximum absolute atomic E-state index is 5.41. The first-order chi connectivity index (χ1) is 9.79. The molecule has 0 aliphatic carbocycles. The van der Waals surface area contributed by atoms with E-state index in [2.05, 4.69) is 25.2 Å². The van der Waals surface area contributed by atoms with E-state index in [9.17, 15) is 0 Å². The number of hydrogen-bond acceptors (Lipinski definition) is 3. The maximum Gasteiger partial charge on any atom is 0.178 e. The van der Waals surface area contributed by atoms with Crippen LogP contribution in [0.2, 0.25) is 0 Å². The molecule has 0 aliphatic rings. The maximum atomic E-state index is 5.41. The quantitative estimate of drug-likeness (QED) is 0.734. The van der Waals surface area contributed by atoms with Gasteiger partial charge in [0.15, 0.2) is 4.77 Å². The molecule has 0 unspecified atom stereocenters. The van der Waals surface area contributed by atoms with Crippen LogP contribution < -0.4 is 4.74 Å². The number of nitrogens with zero attached hydrogens (tertiary/aromatic N) is 3. The van der Waals surface area contributed by atoms with Gasteiger partial charge in [0, 0.05) is 25.5 Å². The number of ether oxygens (including phenoxy) is 1. The number of H-pyrrole nitrogens is 1. The minimum Gasteiger partial charge on any atom is -0.494 e. The molecule has 0 atom stereocenters. The summed E-state index contributed by atoms with van der Waals surface area (Å²) in [5, 5.41) is 0. The Bertz CT molecular complexity index is 757. The minimum atomic E-state index is 0.732. The largest absolute Gasteiger partial charge is 0.494 e. The van der Waals surface area contributed by atoms with Crippen LogP contribution in [0.5, 0.6) is 5.75 Å². The van der Waals surface area contributed by atoms with Gasteiger partial charge in [-0.3, -0.25) is 0 Å². The van der Waals surface area contributed by atoms with Crippen LogP contribution in [0, 0.1) is 4.77 Å². The second-order valence-corrected chi connectivity index (χ2v) is 4.98. The first-order valence-electron chi connectivity index (χ1n) is 6.51. The normalized spacial score (nSPS) is 11.1. The number of hydrogen-bond donors (Lipinski definition) is 1. The number of para-hydroxylation sites is 1. The number of nitrogens with one attached hydrogen (secondary N) is 1. The highest BCUT2D eigenvalue weighted by Gasteiger charge is 2.08. The van der Waals surface area contributed by atoms with E-state index in [-0.39, 0.29) is 0 Å². The predicted octanol–water partition coefficient (Wildman–Crippen LogP) is 2.99. The molecule has 3 rings (SSSR count). The van der Waals surface area contributed by atoms with Crippen molar-refractivity contribution in [1.82, 2.24) is 19.1 Å². The number of rotatable bonds is 5. The van der Waals surface area contributed by atoms with E-state index in [0.29, 0.717) is 0 Å². The van der Waals surface area contributed by atoms with Crippen molar-refractivity contribution in [2.75, 3.05) is 7.11 Å². The van der Waals surface area contributed by atoms with Crippen LogP contribution >= 0.6 is 12.2 Å². The summed E-state index contributed by atoms with van der Waals surface area (Å²) in [5.41, 5.74) is 2.04. The third-order valence-corrected chi connectivity index (χ3v) is 3.67. The van der Waals surface area contributed by atoms with Gasteiger partial charge in [-0.25, -0.2) is 4.98 Å². The van der Waals surface area contributed by atoms with Crippen LogP contribution in [0.3, 0.4) is 0 Å². The molecular weight excluding hydrogens is 272 g/mol. The molecule has 0 aliphatic heterocycles. The number of aromatic nitrogens is 4. The molecule has 1 aromatic carbocycles. The van der Waals surface area contributed by atoms with Crippen LogP contribution in [0.1, 0.15) is 6.42 Å². The van der Waals surface area contributed by atoms with E-state index in [1.807, 2.05) is 24.7 Å². The van der Waals surface area contributed by atoms with Gasteiger partial charge >= 0.3 is 0 Å². The van der Waals surface area contributed by atoms with Gasteiger partial charge in [0.05, 0.1) is 19.0 Å². The van der Waals surface area contributed by atoms with Crippen molar-refractivity contribution in [2.45, 2.75) is 19.5 Å². The van der Waals surface area contributed by atoms with Gasteiger partial charge < -0.3 is 18.9 Å². The fourth-order valence-electron chi connectivity index (χ4n) is 2.38. The number of imidazole rings is 2. The monoisotopic (exact) mass is 288 g/mol. The molecule has 2 aromatic heterocycles. The number of aryl methyl sites for hydroxylation is 2. The number of fused-ring (bicyclic) bond motifs is 1. The van der Waals surface area contributed by atoms with Crippen molar-refractivity contribution >= 4 is 23.3 Å². The van der Waals surface area contributed by atoms with E-state index in [1.165, 1.54) is 0 Å². The summed E-state index contributed by atoms with van der Waals surface area (Å²) in [7, 11) is 1.67. The van der Waals surface area contributed by atoms with Crippen molar-refractivity contribution in [3.8, 4) is 5.75 Å². The highest BCUT2D eigenvalue weighted by molar-refractivity contribution is 7.71. The molecule has 0 spiro atoms. The molecule has 20 heavy (non-hydrogen) atoms. The Balaban J connectivity index is 1.84. The van der Waals surface area contributed by atoms with Gasteiger partial charge in [0.25, 0.3) is 0 Å². The zero-order valence-electron chi connectivity index (χ0n) is 11.2. The summed E-state index contributed by atoms with van der Waals surface area (Å²) in [5.74, 6) is 0.821. The molecule has 0 bridgehead atoms. The Morgan fingerprint density at radius 3 is 3.00 bits per heavy atom. The molecule has 5 nitrogen and oxygen atoms in total. The van der Waals surface area contributed by atoms with Gasteiger partial charge in [-0.15, -0.1) is 0 Å². The molecule has 0 fully saturated rings. The summed E-state index contributed by atoms with van der Waals surface area (Å²) in [6.45, 7) is 1.79. The molecule has 6 heteroatoms. The van der Waals surface area contributed by atoms with E-state index in [1.54, 1.807) is 13.3 Å². The molecule has 0 radical (unpaired) electrons. The number of aromatic amines is 1. The van der Waals surface area contributed by atoms with Crippen molar-refractivity contribution in [3.05, 3.63) is 41.7 Å². The number of benzene rings is 1. The zero-order valence-corrected chi connectivity index (χ0v) is 12.1. The molecular formula is C14H16N4OS. The highest BCUT2D eigenvalue weighted by Crippen LogP contribution is 2.24. The first kappa shape index (κ1) is 12.9. The van der Waals surface area contributed by atoms with Crippen LogP contribution in [0.4, 0.5) is 0 Å². The Morgan fingerprint density at radius 2 is 2.25 bits per heavy atom. The summed E-state index contributed by atoms with van der Waals surface area (Å²) in [4.78, 5) is 7.26. The lowest BCUT2D eigenvalue weighted by atomic mass is 10.3. The highest BCUT2D eigenvalue weighted by atomic mass is 32.1. The van der Waals surface area contributed by atoms with Crippen molar-refractivity contribution in [1.29, 1.82) is 0 Å². The first-order valence-corrected chi connectivity index (χ1v) is 6.91. The average molecular weight is 288 g/mol. The zero-order chi connectivity index (χ0) is 13.9. The van der Waals surface area contributed by atoms with Crippen LogP contribution in [-0.2, 0) is 13.1 Å². The summed E-state index contributed by atoms with van der Waals surface area (Å²) >= 11 is 5.41. The molecule has 0 saturated carbocycles. The molecule has 104 valence electrons. The Morgan fingerprint density at radius 1 is 1.35 bits per heavy atom. The fraction of sp³-hybridized carbons (Fsp3) is 0.286. The topological polar surface area (TPSA) is 47.8 Å². The van der Waals surface area contributed by atoms with Gasteiger partial charge in [0.2, 0.25) is 0 Å². The smallest absolute Gasteiger partial charge is 0.178 e. The second kappa shape index (κ2) is 5.50. The molecule has 1 N–H and O–H groups in total. The predicted molar refractivity (Wildman–Crippen MR) is 80.5 cm³/mol. The Labute approximate surface area is 121 Å². The molecule has 0 amide bonds. The minimum absolute atomic E-state index is 0.732. The lowest BCUT2D eigenvalue weighted by molar-refractivity contribution is 0.419. The van der Waals surface area contributed by atoms with Crippen LogP contribution in [0.15, 0.2) is 36.9 Å². The third-order valence-electron chi connectivity index (χ3n) is 3.35. The van der Waals surface area contributed by atoms with E-state index < -0.39 is 0 Å². The van der Waals surface area contributed by atoms with Gasteiger partial charge in [0.1, 0.15) is 11.3 Å². The van der Waals surface area contributed by atoms with Crippen molar-refractivity contribution in [3.63, 3.8) is 0 Å². The van der Waals surface area contributed by atoms with Crippen LogP contribution in [-0.4, -0.2) is 26.2 Å². The lowest BCUT2D eigenvalue weighted by Crippen LogP contribution is -2.02. The van der Waals surface area contributed by atoms with Gasteiger partial charge in [-0.1, -0.05) is 6.07 Å². The van der Waals surface area contributed by atoms with Gasteiger partial charge in [-0.2, -0.15) is 0 Å².